The SMILES string of the molecule is C[N+](C)(C)CC(CC(=O)[O-])OC(=O)C(N)CCC(=O)O. The van der Waals surface area contributed by atoms with Crippen molar-refractivity contribution < 1.29 is 33.8 Å². The van der Waals surface area contributed by atoms with Crippen molar-refractivity contribution in [1.29, 1.82) is 0 Å². The molecule has 0 saturated heterocycles. The van der Waals surface area contributed by atoms with Crippen LogP contribution >= 0.6 is 0 Å². The molecule has 0 aliphatic heterocycles. The van der Waals surface area contributed by atoms with Crippen LogP contribution in [0, 0.1) is 0 Å². The number of carboxylic acid groups (broad SMARTS) is 2. The van der Waals surface area contributed by atoms with Crippen LogP contribution in [0.1, 0.15) is 19.3 Å². The van der Waals surface area contributed by atoms with Crippen molar-refractivity contribution in [3.8, 4) is 0 Å². The molecule has 0 saturated carbocycles. The summed E-state index contributed by atoms with van der Waals surface area (Å²) in [5.74, 6) is -3.19. The Morgan fingerprint density at radius 1 is 1.30 bits per heavy atom. The molecule has 3 N–H and O–H groups in total. The zero-order chi connectivity index (χ0) is 15.9. The molecule has 0 aromatic carbocycles. The van der Waals surface area contributed by atoms with Gasteiger partial charge in [0.15, 0.2) is 6.10 Å². The molecule has 0 aliphatic rings. The van der Waals surface area contributed by atoms with Crippen molar-refractivity contribution in [3.63, 3.8) is 0 Å². The molecule has 8 nitrogen and oxygen atoms in total. The van der Waals surface area contributed by atoms with Gasteiger partial charge in [0.2, 0.25) is 0 Å². The average molecular weight is 290 g/mol. The average Bonchev–Trinajstić information content (AvgIpc) is 2.21. The number of hydrogen-bond donors (Lipinski definition) is 2. The Labute approximate surface area is 117 Å². The lowest BCUT2D eigenvalue weighted by atomic mass is 10.1. The Balaban J connectivity index is 4.51. The fraction of sp³-hybridized carbons (Fsp3) is 0.750. The lowest BCUT2D eigenvalue weighted by Crippen LogP contribution is -2.47. The minimum absolute atomic E-state index is 0.0589. The number of carbonyl (C=O) groups excluding carboxylic acids is 2. The Morgan fingerprint density at radius 3 is 2.25 bits per heavy atom. The van der Waals surface area contributed by atoms with Gasteiger partial charge in [0.25, 0.3) is 0 Å². The van der Waals surface area contributed by atoms with Crippen molar-refractivity contribution in [1.82, 2.24) is 0 Å². The van der Waals surface area contributed by atoms with Crippen molar-refractivity contribution in [3.05, 3.63) is 0 Å². The number of nitrogens with zero attached hydrogens (tertiary/aromatic N) is 1. The first-order valence-corrected chi connectivity index (χ1v) is 6.19. The predicted octanol–water partition coefficient (Wildman–Crippen LogP) is -2.06. The van der Waals surface area contributed by atoms with Gasteiger partial charge in [-0.25, -0.2) is 0 Å². The molecular formula is C12H22N2O6. The van der Waals surface area contributed by atoms with Gasteiger partial charge >= 0.3 is 11.9 Å². The Hall–Kier alpha value is -1.67. The van der Waals surface area contributed by atoms with Gasteiger partial charge < -0.3 is 30.0 Å². The topological polar surface area (TPSA) is 130 Å². The molecule has 0 rings (SSSR count). The second-order valence-corrected chi connectivity index (χ2v) is 5.65. The molecule has 8 heteroatoms. The molecule has 0 spiro atoms. The van der Waals surface area contributed by atoms with Gasteiger partial charge in [0.1, 0.15) is 12.6 Å². The summed E-state index contributed by atoms with van der Waals surface area (Å²) < 4.78 is 5.44. The summed E-state index contributed by atoms with van der Waals surface area (Å²) in [6.07, 6.45) is -1.59. The number of esters is 1. The van der Waals surface area contributed by atoms with E-state index in [1.165, 1.54) is 0 Å². The van der Waals surface area contributed by atoms with Crippen molar-refractivity contribution in [2.24, 2.45) is 5.73 Å². The van der Waals surface area contributed by atoms with Crippen LogP contribution in [0.15, 0.2) is 0 Å². The van der Waals surface area contributed by atoms with Crippen LogP contribution in [-0.4, -0.2) is 67.3 Å². The van der Waals surface area contributed by atoms with E-state index in [1.54, 1.807) is 0 Å². The fourth-order valence-corrected chi connectivity index (χ4v) is 1.59. The molecule has 2 unspecified atom stereocenters. The van der Waals surface area contributed by atoms with E-state index in [9.17, 15) is 19.5 Å². The normalized spacial score (nSPS) is 14.4. The number of rotatable bonds is 9. The van der Waals surface area contributed by atoms with Crippen molar-refractivity contribution >= 4 is 17.9 Å². The maximum absolute atomic E-state index is 11.7. The van der Waals surface area contributed by atoms with E-state index in [0.717, 1.165) is 0 Å². The van der Waals surface area contributed by atoms with E-state index < -0.39 is 36.5 Å². The molecule has 0 amide bonds. The predicted molar refractivity (Wildman–Crippen MR) is 67.2 cm³/mol. The maximum atomic E-state index is 11.7. The number of carboxylic acids is 2. The summed E-state index contributed by atoms with van der Waals surface area (Å²) in [6, 6.07) is -1.08. The highest BCUT2D eigenvalue weighted by Gasteiger charge is 2.25. The van der Waals surface area contributed by atoms with Crippen LogP contribution in [0.2, 0.25) is 0 Å². The maximum Gasteiger partial charge on any atom is 0.323 e. The first kappa shape index (κ1) is 18.3. The second-order valence-electron chi connectivity index (χ2n) is 5.65. The largest absolute Gasteiger partial charge is 0.550 e. The summed E-state index contributed by atoms with van der Waals surface area (Å²) >= 11 is 0. The van der Waals surface area contributed by atoms with Gasteiger partial charge in [-0.1, -0.05) is 0 Å². The molecule has 20 heavy (non-hydrogen) atoms. The molecule has 0 aromatic heterocycles. The van der Waals surface area contributed by atoms with Crippen LogP contribution in [0.4, 0.5) is 0 Å². The van der Waals surface area contributed by atoms with Gasteiger partial charge in [-0.2, -0.15) is 0 Å². The van der Waals surface area contributed by atoms with Crippen LogP contribution in [0.25, 0.3) is 0 Å². The lowest BCUT2D eigenvalue weighted by molar-refractivity contribution is -0.873. The first-order valence-electron chi connectivity index (χ1n) is 6.19. The lowest BCUT2D eigenvalue weighted by Gasteiger charge is -2.29. The molecule has 2 atom stereocenters. The molecule has 0 bridgehead atoms. The zero-order valence-corrected chi connectivity index (χ0v) is 12.0. The number of carbonyl (C=O) groups is 3. The summed E-state index contributed by atoms with van der Waals surface area (Å²) in [5.41, 5.74) is 5.50. The monoisotopic (exact) mass is 290 g/mol. The van der Waals surface area contributed by atoms with Crippen LogP contribution in [0.5, 0.6) is 0 Å². The highest BCUT2D eigenvalue weighted by Crippen LogP contribution is 2.07. The molecule has 0 aliphatic carbocycles. The van der Waals surface area contributed by atoms with Gasteiger partial charge in [-0.05, 0) is 6.42 Å². The highest BCUT2D eigenvalue weighted by molar-refractivity contribution is 5.77. The van der Waals surface area contributed by atoms with E-state index in [2.05, 4.69) is 0 Å². The Morgan fingerprint density at radius 2 is 1.85 bits per heavy atom. The van der Waals surface area contributed by atoms with Gasteiger partial charge in [-0.3, -0.25) is 9.59 Å². The van der Waals surface area contributed by atoms with E-state index in [1.807, 2.05) is 21.1 Å². The number of quaternary nitrogens is 1. The van der Waals surface area contributed by atoms with Crippen LogP contribution in [0.3, 0.4) is 0 Å². The van der Waals surface area contributed by atoms with E-state index in [-0.39, 0.29) is 19.4 Å². The molecular weight excluding hydrogens is 268 g/mol. The number of aliphatic carboxylic acids is 2. The Bertz CT molecular complexity index is 363. The third-order valence-corrected chi connectivity index (χ3v) is 2.40. The van der Waals surface area contributed by atoms with Crippen molar-refractivity contribution in [2.45, 2.75) is 31.4 Å². The van der Waals surface area contributed by atoms with Crippen LogP contribution < -0.4 is 10.8 Å². The third-order valence-electron chi connectivity index (χ3n) is 2.40. The number of hydrogen-bond acceptors (Lipinski definition) is 6. The minimum atomic E-state index is -1.32. The highest BCUT2D eigenvalue weighted by atomic mass is 16.5. The molecule has 0 fully saturated rings. The zero-order valence-electron chi connectivity index (χ0n) is 12.0. The summed E-state index contributed by atoms with van der Waals surface area (Å²) in [7, 11) is 5.46. The smallest absolute Gasteiger partial charge is 0.323 e. The molecule has 0 radical (unpaired) electrons. The number of likely N-dealkylation sites (N-methyl/N-ethyl adjacent to an activating group) is 1. The quantitative estimate of drug-likeness (QED) is 0.369. The second kappa shape index (κ2) is 7.81. The number of nitrogens with two attached hydrogens (primary N) is 1. The van der Waals surface area contributed by atoms with Gasteiger partial charge in [0.05, 0.1) is 21.1 Å². The van der Waals surface area contributed by atoms with Gasteiger partial charge in [0, 0.05) is 18.8 Å². The van der Waals surface area contributed by atoms with Crippen molar-refractivity contribution in [2.75, 3.05) is 27.7 Å². The summed E-state index contributed by atoms with van der Waals surface area (Å²) in [5, 5.41) is 19.1. The summed E-state index contributed by atoms with van der Waals surface area (Å²) in [4.78, 5) is 32.7. The van der Waals surface area contributed by atoms with E-state index >= 15 is 0 Å². The third kappa shape index (κ3) is 9.29. The van der Waals surface area contributed by atoms with Crippen LogP contribution in [-0.2, 0) is 19.1 Å². The van der Waals surface area contributed by atoms with Gasteiger partial charge in [-0.15, -0.1) is 0 Å². The number of ether oxygens (including phenoxy) is 1. The Kier molecular flexibility index (Phi) is 7.16. The molecule has 0 aromatic rings. The minimum Gasteiger partial charge on any atom is -0.550 e. The summed E-state index contributed by atoms with van der Waals surface area (Å²) in [6.45, 7) is 0.283. The molecule has 0 heterocycles. The van der Waals surface area contributed by atoms with E-state index in [0.29, 0.717) is 4.48 Å². The first-order chi connectivity index (χ1) is 9.01. The fourth-order valence-electron chi connectivity index (χ4n) is 1.59. The molecule has 116 valence electrons. The standard InChI is InChI=1S/C12H22N2O6/c1-14(2,3)7-8(6-11(17)18)20-12(19)9(13)4-5-10(15)16/h8-9H,4-7,13H2,1-3H3,(H-,15,16,17,18). The van der Waals surface area contributed by atoms with E-state index in [4.69, 9.17) is 15.6 Å².